The molecule has 136 valence electrons. The lowest BCUT2D eigenvalue weighted by Crippen LogP contribution is -2.01. The molecule has 0 aromatic carbocycles. The zero-order chi connectivity index (χ0) is 17.9. The zero-order valence-electron chi connectivity index (χ0n) is 15.6. The van der Waals surface area contributed by atoms with Crippen molar-refractivity contribution in [3.63, 3.8) is 0 Å². The first-order valence-electron chi connectivity index (χ1n) is 9.56. The summed E-state index contributed by atoms with van der Waals surface area (Å²) < 4.78 is 0. The van der Waals surface area contributed by atoms with Gasteiger partial charge in [-0.2, -0.15) is 0 Å². The maximum absolute atomic E-state index is 9.81. The van der Waals surface area contributed by atoms with E-state index in [2.05, 4.69) is 37.8 Å². The molecule has 0 aromatic heterocycles. The van der Waals surface area contributed by atoms with Crippen LogP contribution in [-0.4, -0.2) is 22.4 Å². The van der Waals surface area contributed by atoms with E-state index in [1.54, 1.807) is 24.3 Å². The van der Waals surface area contributed by atoms with Gasteiger partial charge in [-0.15, -0.1) is 0 Å². The fourth-order valence-electron chi connectivity index (χ4n) is 2.22. The Morgan fingerprint density at radius 2 is 1.62 bits per heavy atom. The quantitative estimate of drug-likeness (QED) is 0.207. The van der Waals surface area contributed by atoms with Crippen LogP contribution >= 0.6 is 0 Å². The van der Waals surface area contributed by atoms with Gasteiger partial charge in [-0.05, 0) is 38.2 Å². The Bertz CT molecular complexity index is 409. The molecule has 0 aliphatic carbocycles. The second-order valence-corrected chi connectivity index (χ2v) is 6.17. The third-order valence-corrected chi connectivity index (χ3v) is 3.72. The summed E-state index contributed by atoms with van der Waals surface area (Å²) in [4.78, 5) is 0. The van der Waals surface area contributed by atoms with Gasteiger partial charge >= 0.3 is 0 Å². The van der Waals surface area contributed by atoms with Crippen LogP contribution in [0.2, 0.25) is 0 Å². The van der Waals surface area contributed by atoms with Gasteiger partial charge in [0.05, 0.1) is 6.10 Å². The molecule has 0 saturated carbocycles. The molecule has 0 fully saturated rings. The molecule has 0 aliphatic heterocycles. The average Bonchev–Trinajstić information content (AvgIpc) is 2.57. The number of allylic oxidation sites excluding steroid dienone is 4. The first kappa shape index (κ1) is 22.7. The van der Waals surface area contributed by atoms with Gasteiger partial charge in [0.15, 0.2) is 0 Å². The molecule has 0 spiro atoms. The molecular formula is C22H36O2. The molecule has 2 atom stereocenters. The topological polar surface area (TPSA) is 40.5 Å². The number of unbranched alkanes of at least 4 members (excludes halogenated alkanes) is 6. The lowest BCUT2D eigenvalue weighted by molar-refractivity contribution is 0.217. The van der Waals surface area contributed by atoms with Crippen LogP contribution in [0.3, 0.4) is 0 Å². The van der Waals surface area contributed by atoms with Crippen LogP contribution in [-0.2, 0) is 0 Å². The number of rotatable bonds is 13. The second kappa shape index (κ2) is 18.0. The van der Waals surface area contributed by atoms with Crippen LogP contribution in [0.5, 0.6) is 0 Å². The molecule has 2 nitrogen and oxygen atoms in total. The highest BCUT2D eigenvalue weighted by Gasteiger charge is 1.96. The van der Waals surface area contributed by atoms with E-state index in [4.69, 9.17) is 0 Å². The fourth-order valence-corrected chi connectivity index (χ4v) is 2.22. The fraction of sp³-hybridized carbons (Fsp3) is 0.636. The highest BCUT2D eigenvalue weighted by Crippen LogP contribution is 2.04. The normalized spacial score (nSPS) is 14.3. The van der Waals surface area contributed by atoms with Gasteiger partial charge in [0.25, 0.3) is 0 Å². The minimum atomic E-state index is -0.529. The molecule has 2 N–H and O–H groups in total. The Hall–Kier alpha value is -1.30. The molecule has 24 heavy (non-hydrogen) atoms. The van der Waals surface area contributed by atoms with Gasteiger partial charge in [0.2, 0.25) is 0 Å². The van der Waals surface area contributed by atoms with E-state index in [0.29, 0.717) is 6.42 Å². The minimum absolute atomic E-state index is 0.450. The number of hydrogen-bond donors (Lipinski definition) is 2. The van der Waals surface area contributed by atoms with Crippen molar-refractivity contribution in [3.8, 4) is 11.8 Å². The molecule has 0 aliphatic rings. The Balaban J connectivity index is 3.79. The molecule has 0 aromatic rings. The molecule has 0 radical (unpaired) electrons. The van der Waals surface area contributed by atoms with Crippen molar-refractivity contribution in [2.24, 2.45) is 0 Å². The van der Waals surface area contributed by atoms with Crippen LogP contribution < -0.4 is 0 Å². The molecule has 0 unspecified atom stereocenters. The molecule has 2 heteroatoms. The predicted octanol–water partition coefficient (Wildman–Crippen LogP) is 5.32. The standard InChI is InChI=1S/C22H36O2/c1-3-5-7-8-9-10-14-18-22(24)20-16-12-11-15-19-21(23)17-13-6-4-2/h10-12,14,16,20-24H,3-9,13,17-18H2,1-2H3/b12-11+,14-10-,20-16+/t21-,22+/m1/s1. The lowest BCUT2D eigenvalue weighted by Gasteiger charge is -2.00. The van der Waals surface area contributed by atoms with Gasteiger partial charge in [0.1, 0.15) is 6.10 Å². The Kier molecular flexibility index (Phi) is 17.1. The van der Waals surface area contributed by atoms with Crippen molar-refractivity contribution in [3.05, 3.63) is 36.5 Å². The molecule has 0 bridgehead atoms. The van der Waals surface area contributed by atoms with Crippen molar-refractivity contribution in [2.45, 2.75) is 90.3 Å². The average molecular weight is 333 g/mol. The summed E-state index contributed by atoms with van der Waals surface area (Å²) >= 11 is 0. The van der Waals surface area contributed by atoms with Gasteiger partial charge in [0, 0.05) is 0 Å². The van der Waals surface area contributed by atoms with Crippen molar-refractivity contribution >= 4 is 0 Å². The first-order chi connectivity index (χ1) is 11.7. The SMILES string of the molecule is CCCCCC/C=C\C[C@H](O)/C=C/C=C/C#C[C@H](O)CCCCC. The number of aliphatic hydroxyl groups excluding tert-OH is 2. The number of aliphatic hydroxyl groups is 2. The summed E-state index contributed by atoms with van der Waals surface area (Å²) in [5.41, 5.74) is 0. The Labute approximate surface area is 149 Å². The lowest BCUT2D eigenvalue weighted by atomic mass is 10.1. The van der Waals surface area contributed by atoms with Gasteiger partial charge in [-0.1, -0.05) is 88.2 Å². The van der Waals surface area contributed by atoms with E-state index < -0.39 is 12.2 Å². The zero-order valence-corrected chi connectivity index (χ0v) is 15.6. The van der Waals surface area contributed by atoms with Crippen LogP contribution in [0, 0.1) is 11.8 Å². The highest BCUT2D eigenvalue weighted by atomic mass is 16.3. The van der Waals surface area contributed by atoms with Crippen molar-refractivity contribution in [1.29, 1.82) is 0 Å². The van der Waals surface area contributed by atoms with Crippen molar-refractivity contribution in [1.82, 2.24) is 0 Å². The van der Waals surface area contributed by atoms with Gasteiger partial charge < -0.3 is 10.2 Å². The van der Waals surface area contributed by atoms with E-state index in [1.165, 1.54) is 25.7 Å². The van der Waals surface area contributed by atoms with E-state index >= 15 is 0 Å². The third kappa shape index (κ3) is 17.1. The third-order valence-electron chi connectivity index (χ3n) is 3.72. The second-order valence-electron chi connectivity index (χ2n) is 6.17. The van der Waals surface area contributed by atoms with E-state index in [9.17, 15) is 10.2 Å². The Morgan fingerprint density at radius 3 is 2.38 bits per heavy atom. The summed E-state index contributed by atoms with van der Waals surface area (Å²) in [6.45, 7) is 4.36. The molecule has 0 heterocycles. The number of hydrogen-bond acceptors (Lipinski definition) is 2. The van der Waals surface area contributed by atoms with Crippen LogP contribution in [0.4, 0.5) is 0 Å². The summed E-state index contributed by atoms with van der Waals surface area (Å²) in [5, 5.41) is 19.4. The summed E-state index contributed by atoms with van der Waals surface area (Å²) in [5.74, 6) is 5.64. The van der Waals surface area contributed by atoms with Gasteiger partial charge in [-0.25, -0.2) is 0 Å². The maximum atomic E-state index is 9.81. The van der Waals surface area contributed by atoms with Crippen LogP contribution in [0.25, 0.3) is 0 Å². The largest absolute Gasteiger partial charge is 0.389 e. The molecule has 0 rings (SSSR count). The Morgan fingerprint density at radius 1 is 0.875 bits per heavy atom. The van der Waals surface area contributed by atoms with E-state index in [1.807, 2.05) is 0 Å². The summed E-state index contributed by atoms with van der Waals surface area (Å²) in [6.07, 6.45) is 21.2. The highest BCUT2D eigenvalue weighted by molar-refractivity contribution is 5.21. The minimum Gasteiger partial charge on any atom is -0.389 e. The smallest absolute Gasteiger partial charge is 0.115 e. The maximum Gasteiger partial charge on any atom is 0.115 e. The van der Waals surface area contributed by atoms with Crippen LogP contribution in [0.1, 0.15) is 78.1 Å². The van der Waals surface area contributed by atoms with E-state index in [0.717, 1.165) is 32.1 Å². The molecular weight excluding hydrogens is 296 g/mol. The summed E-state index contributed by atoms with van der Waals surface area (Å²) in [6, 6.07) is 0. The summed E-state index contributed by atoms with van der Waals surface area (Å²) in [7, 11) is 0. The van der Waals surface area contributed by atoms with E-state index in [-0.39, 0.29) is 0 Å². The van der Waals surface area contributed by atoms with Crippen molar-refractivity contribution in [2.75, 3.05) is 0 Å². The monoisotopic (exact) mass is 332 g/mol. The first-order valence-corrected chi connectivity index (χ1v) is 9.56. The van der Waals surface area contributed by atoms with Crippen molar-refractivity contribution < 1.29 is 10.2 Å². The van der Waals surface area contributed by atoms with Gasteiger partial charge in [-0.3, -0.25) is 0 Å². The predicted molar refractivity (Wildman–Crippen MR) is 105 cm³/mol. The molecule has 0 amide bonds. The van der Waals surface area contributed by atoms with Crippen LogP contribution in [0.15, 0.2) is 36.5 Å². The molecule has 0 saturated heterocycles.